The van der Waals surface area contributed by atoms with Crippen LogP contribution in [-0.2, 0) is 61.9 Å². The summed E-state index contributed by atoms with van der Waals surface area (Å²) in [5.41, 5.74) is 0. The zero-order chi connectivity index (χ0) is 28.7. The topological polar surface area (TPSA) is 200 Å². The lowest BCUT2D eigenvalue weighted by Gasteiger charge is -2.47. The van der Waals surface area contributed by atoms with Gasteiger partial charge in [0.2, 0.25) is 0 Å². The highest BCUT2D eigenvalue weighted by Crippen LogP contribution is 2.34. The molecule has 2 heterocycles. The maximum Gasteiger partial charge on any atom is 0.303 e. The van der Waals surface area contributed by atoms with Gasteiger partial charge >= 0.3 is 29.8 Å². The van der Waals surface area contributed by atoms with Gasteiger partial charge in [-0.25, -0.2) is 0 Å². The molecule has 2 fully saturated rings. The Hall–Kier alpha value is -2.37. The maximum atomic E-state index is 12.0. The maximum absolute atomic E-state index is 12.0. The molecule has 2 aliphatic heterocycles. The number of esters is 5. The van der Waals surface area contributed by atoms with E-state index in [1.807, 2.05) is 0 Å². The molecule has 2 N–H and O–H groups in total. The molecule has 10 atom stereocenters. The van der Waals surface area contributed by atoms with Crippen LogP contribution in [0.25, 0.3) is 0 Å². The normalized spacial score (nSPS) is 34.9. The van der Waals surface area contributed by atoms with E-state index >= 15 is 0 Å². The average molecular weight is 615 g/mol. The van der Waals surface area contributed by atoms with Gasteiger partial charge in [0.15, 0.2) is 37.0 Å². The lowest BCUT2D eigenvalue weighted by molar-refractivity contribution is -0.353. The van der Waals surface area contributed by atoms with E-state index in [9.17, 15) is 34.2 Å². The van der Waals surface area contributed by atoms with Gasteiger partial charge in [-0.05, 0) is 0 Å². The number of ether oxygens (including phenoxy) is 8. The summed E-state index contributed by atoms with van der Waals surface area (Å²) in [5, 5.41) is 21.2. The third kappa shape index (κ3) is 8.57. The zero-order valence-corrected chi connectivity index (χ0v) is 22.9. The molecule has 216 valence electrons. The lowest BCUT2D eigenvalue weighted by atomic mass is 9.96. The predicted molar refractivity (Wildman–Crippen MR) is 123 cm³/mol. The summed E-state index contributed by atoms with van der Waals surface area (Å²) in [6.45, 7) is 4.85. The molecule has 2 aliphatic rings. The van der Waals surface area contributed by atoms with Crippen LogP contribution in [0.1, 0.15) is 34.6 Å². The molecule has 0 amide bonds. The summed E-state index contributed by atoms with van der Waals surface area (Å²) in [5.74, 6) is -4.05. The highest BCUT2D eigenvalue weighted by atomic mass is 79.9. The summed E-state index contributed by atoms with van der Waals surface area (Å²) in [6, 6.07) is 0. The van der Waals surface area contributed by atoms with Crippen LogP contribution in [0.15, 0.2) is 0 Å². The third-order valence-electron chi connectivity index (χ3n) is 5.33. The predicted octanol–water partition coefficient (Wildman–Crippen LogP) is -1.14. The van der Waals surface area contributed by atoms with Crippen molar-refractivity contribution in [3.8, 4) is 0 Å². The SMILES string of the molecule is CC(=O)OCC1O[C@@H](O)C(OC(C)=O)[C@@H](OC(C)=O)[C@H]1O[C@@H]1OC(CBr)[C@H](O)[C@H](OC(C)=O)C1OC(C)=O. The molecule has 0 bridgehead atoms. The molecule has 2 saturated heterocycles. The Balaban J connectivity index is 2.54. The van der Waals surface area contributed by atoms with Crippen molar-refractivity contribution in [2.24, 2.45) is 0 Å². The zero-order valence-electron chi connectivity index (χ0n) is 21.3. The second-order valence-corrected chi connectivity index (χ2v) is 9.10. The first-order valence-electron chi connectivity index (χ1n) is 11.5. The van der Waals surface area contributed by atoms with Crippen LogP contribution in [0, 0.1) is 0 Å². The molecular formula is C22H31BrO15. The standard InChI is InChI=1S/C22H31BrO15/c1-8(24)31-7-14-16(18(33-10(3)26)19(21(30)36-14)34-11(4)27)38-22-20(35-12(5)28)17(32-9(2)25)15(29)13(6-23)37-22/h13-22,29-30H,6-7H2,1-5H3/t13?,14?,15-,16-,17-,18-,19?,20?,21+,22-/m0/s1. The summed E-state index contributed by atoms with van der Waals surface area (Å²) < 4.78 is 43.2. The number of hydrogen-bond acceptors (Lipinski definition) is 15. The van der Waals surface area contributed by atoms with Crippen LogP contribution >= 0.6 is 15.9 Å². The van der Waals surface area contributed by atoms with Crippen molar-refractivity contribution in [2.75, 3.05) is 11.9 Å². The van der Waals surface area contributed by atoms with Crippen molar-refractivity contribution in [2.45, 2.75) is 96.0 Å². The molecule has 0 radical (unpaired) electrons. The van der Waals surface area contributed by atoms with Crippen LogP contribution in [0.3, 0.4) is 0 Å². The van der Waals surface area contributed by atoms with Crippen molar-refractivity contribution >= 4 is 45.8 Å². The lowest BCUT2D eigenvalue weighted by Crippen LogP contribution is -2.66. The molecule has 38 heavy (non-hydrogen) atoms. The van der Waals surface area contributed by atoms with Gasteiger partial charge in [-0.15, -0.1) is 0 Å². The molecule has 0 aromatic rings. The Morgan fingerprint density at radius 1 is 0.658 bits per heavy atom. The average Bonchev–Trinajstić information content (AvgIpc) is 2.79. The summed E-state index contributed by atoms with van der Waals surface area (Å²) in [4.78, 5) is 58.8. The molecule has 4 unspecified atom stereocenters. The Kier molecular flexibility index (Phi) is 11.8. The van der Waals surface area contributed by atoms with Gasteiger partial charge in [0.05, 0.1) is 0 Å². The molecule has 0 aromatic heterocycles. The minimum absolute atomic E-state index is 0.0266. The van der Waals surface area contributed by atoms with Gasteiger partial charge in [-0.3, -0.25) is 24.0 Å². The number of alkyl halides is 1. The fourth-order valence-electron chi connectivity index (χ4n) is 3.96. The first kappa shape index (κ1) is 31.8. The number of halogens is 1. The number of rotatable bonds is 9. The van der Waals surface area contributed by atoms with Gasteiger partial charge in [-0.2, -0.15) is 0 Å². The smallest absolute Gasteiger partial charge is 0.303 e. The number of aliphatic hydroxyl groups excluding tert-OH is 2. The quantitative estimate of drug-likeness (QED) is 0.179. The minimum Gasteiger partial charge on any atom is -0.463 e. The number of aliphatic hydroxyl groups is 2. The van der Waals surface area contributed by atoms with Crippen LogP contribution in [0.5, 0.6) is 0 Å². The van der Waals surface area contributed by atoms with Crippen molar-refractivity contribution in [3.05, 3.63) is 0 Å². The summed E-state index contributed by atoms with van der Waals surface area (Å²) >= 11 is 3.18. The number of hydrogen-bond donors (Lipinski definition) is 2. The molecular weight excluding hydrogens is 584 g/mol. The van der Waals surface area contributed by atoms with Gasteiger partial charge in [0, 0.05) is 39.9 Å². The van der Waals surface area contributed by atoms with E-state index in [1.165, 1.54) is 0 Å². The highest BCUT2D eigenvalue weighted by Gasteiger charge is 2.55. The molecule has 0 aromatic carbocycles. The van der Waals surface area contributed by atoms with E-state index in [1.54, 1.807) is 0 Å². The van der Waals surface area contributed by atoms with Crippen molar-refractivity contribution < 1.29 is 72.1 Å². The molecule has 0 spiro atoms. The molecule has 15 nitrogen and oxygen atoms in total. The van der Waals surface area contributed by atoms with Gasteiger partial charge in [0.1, 0.15) is 31.0 Å². The Labute approximate surface area is 226 Å². The minimum atomic E-state index is -1.83. The van der Waals surface area contributed by atoms with Crippen molar-refractivity contribution in [3.63, 3.8) is 0 Å². The number of carbonyl (C=O) groups is 5. The van der Waals surface area contributed by atoms with Gasteiger partial charge in [0.25, 0.3) is 0 Å². The summed E-state index contributed by atoms with van der Waals surface area (Å²) in [6.07, 6.45) is -14.8. The van der Waals surface area contributed by atoms with Crippen LogP contribution in [-0.4, -0.2) is 113 Å². The summed E-state index contributed by atoms with van der Waals surface area (Å²) in [7, 11) is 0. The van der Waals surface area contributed by atoms with Crippen molar-refractivity contribution in [1.82, 2.24) is 0 Å². The van der Waals surface area contributed by atoms with Gasteiger partial charge in [-0.1, -0.05) is 15.9 Å². The Morgan fingerprint density at radius 2 is 1.16 bits per heavy atom. The fourth-order valence-corrected chi connectivity index (χ4v) is 4.50. The Bertz CT molecular complexity index is 881. The Morgan fingerprint density at radius 3 is 1.66 bits per heavy atom. The van der Waals surface area contributed by atoms with E-state index in [0.717, 1.165) is 34.6 Å². The number of carbonyl (C=O) groups excluding carboxylic acids is 5. The van der Waals surface area contributed by atoms with Crippen LogP contribution in [0.2, 0.25) is 0 Å². The molecule has 0 saturated carbocycles. The molecule has 16 heteroatoms. The van der Waals surface area contributed by atoms with Gasteiger partial charge < -0.3 is 48.1 Å². The molecule has 0 aliphatic carbocycles. The van der Waals surface area contributed by atoms with E-state index in [2.05, 4.69) is 15.9 Å². The monoisotopic (exact) mass is 614 g/mol. The fraction of sp³-hybridized carbons (Fsp3) is 0.773. The second kappa shape index (κ2) is 14.1. The first-order chi connectivity index (χ1) is 17.7. The first-order valence-corrected chi connectivity index (χ1v) is 12.6. The van der Waals surface area contributed by atoms with E-state index in [4.69, 9.17) is 37.9 Å². The van der Waals surface area contributed by atoms with Crippen molar-refractivity contribution in [1.29, 1.82) is 0 Å². The van der Waals surface area contributed by atoms with Crippen LogP contribution < -0.4 is 0 Å². The van der Waals surface area contributed by atoms with E-state index < -0.39 is 97.9 Å². The largest absolute Gasteiger partial charge is 0.463 e. The van der Waals surface area contributed by atoms with E-state index in [-0.39, 0.29) is 5.33 Å². The second-order valence-electron chi connectivity index (χ2n) is 8.45. The van der Waals surface area contributed by atoms with E-state index in [0.29, 0.717) is 0 Å². The molecule has 2 rings (SSSR count). The third-order valence-corrected chi connectivity index (χ3v) is 5.97. The highest BCUT2D eigenvalue weighted by molar-refractivity contribution is 9.09. The van der Waals surface area contributed by atoms with Crippen LogP contribution in [0.4, 0.5) is 0 Å².